The molecule has 0 saturated carbocycles. The number of thiocarbonyl (C=S) groups is 1. The smallest absolute Gasteiger partial charge is 0.243 e. The quantitative estimate of drug-likeness (QED) is 0.372. The van der Waals surface area contributed by atoms with Crippen LogP contribution in [0, 0.1) is 0 Å². The van der Waals surface area contributed by atoms with E-state index in [1.807, 2.05) is 0 Å². The molecule has 1 aromatic rings. The highest BCUT2D eigenvalue weighted by Crippen LogP contribution is 2.39. The number of carbonyl (C=O) groups is 1. The third kappa shape index (κ3) is 6.23. The van der Waals surface area contributed by atoms with Crippen LogP contribution in [0.5, 0.6) is 17.2 Å². The van der Waals surface area contributed by atoms with E-state index in [0.717, 1.165) is 6.42 Å². The lowest BCUT2D eigenvalue weighted by Gasteiger charge is -2.22. The van der Waals surface area contributed by atoms with Gasteiger partial charge in [-0.05, 0) is 24.7 Å². The van der Waals surface area contributed by atoms with Gasteiger partial charge in [-0.1, -0.05) is 6.07 Å². The molecule has 0 spiro atoms. The lowest BCUT2D eigenvalue weighted by atomic mass is 10.1. The molecule has 0 bridgehead atoms. The highest BCUT2D eigenvalue weighted by Gasteiger charge is 2.18. The largest absolute Gasteiger partial charge is 0.493 e. The molecule has 0 aliphatic heterocycles. The number of nitrogens with zero attached hydrogens (tertiary/aromatic N) is 1. The predicted molar refractivity (Wildman–Crippen MR) is 103 cm³/mol. The number of rotatable bonds is 9. The molecule has 1 amide bonds. The first-order valence-electron chi connectivity index (χ1n) is 8.06. The second-order valence-corrected chi connectivity index (χ2v) is 5.73. The minimum absolute atomic E-state index is 0.0974. The van der Waals surface area contributed by atoms with Crippen molar-refractivity contribution in [3.63, 3.8) is 0 Å². The molecular formula is C17H27N3O5S. The lowest BCUT2D eigenvalue weighted by Crippen LogP contribution is -2.48. The van der Waals surface area contributed by atoms with Crippen LogP contribution in [0.4, 0.5) is 0 Å². The molecule has 0 radical (unpaired) electrons. The standard InChI is InChI=1S/C17H27N3O5S/c1-20(17(26)18-9-6-10-22-2)19-14(21)11-12-7-8-13(23-3)16(25-5)15(12)24-4/h7-8H,6,9-11H2,1-5H3,(H,18,26)(H,19,21). The van der Waals surface area contributed by atoms with Gasteiger partial charge in [-0.25, -0.2) is 0 Å². The predicted octanol–water partition coefficient (Wildman–Crippen LogP) is 1.13. The number of nitrogens with one attached hydrogen (secondary N) is 2. The molecule has 0 unspecified atom stereocenters. The number of carbonyl (C=O) groups excluding carboxylic acids is 1. The topological polar surface area (TPSA) is 81.3 Å². The number of ether oxygens (including phenoxy) is 4. The van der Waals surface area contributed by atoms with E-state index in [4.69, 9.17) is 31.2 Å². The molecule has 0 heterocycles. The van der Waals surface area contributed by atoms with Gasteiger partial charge in [0, 0.05) is 32.9 Å². The maximum atomic E-state index is 12.3. The highest BCUT2D eigenvalue weighted by molar-refractivity contribution is 7.80. The molecule has 0 atom stereocenters. The van der Waals surface area contributed by atoms with Crippen molar-refractivity contribution in [3.8, 4) is 17.2 Å². The van der Waals surface area contributed by atoms with Gasteiger partial charge in [0.15, 0.2) is 16.6 Å². The minimum Gasteiger partial charge on any atom is -0.493 e. The molecule has 0 aromatic heterocycles. The summed E-state index contributed by atoms with van der Waals surface area (Å²) in [5, 5.41) is 4.94. The van der Waals surface area contributed by atoms with Crippen molar-refractivity contribution in [2.45, 2.75) is 12.8 Å². The lowest BCUT2D eigenvalue weighted by molar-refractivity contribution is -0.123. The first kappa shape index (κ1) is 21.8. The molecule has 146 valence electrons. The molecule has 8 nitrogen and oxygen atoms in total. The summed E-state index contributed by atoms with van der Waals surface area (Å²) in [5.41, 5.74) is 3.39. The van der Waals surface area contributed by atoms with Crippen LogP contribution in [-0.2, 0) is 16.0 Å². The van der Waals surface area contributed by atoms with E-state index < -0.39 is 0 Å². The zero-order valence-electron chi connectivity index (χ0n) is 15.9. The zero-order valence-corrected chi connectivity index (χ0v) is 16.7. The van der Waals surface area contributed by atoms with Crippen molar-refractivity contribution in [3.05, 3.63) is 17.7 Å². The summed E-state index contributed by atoms with van der Waals surface area (Å²) >= 11 is 5.23. The van der Waals surface area contributed by atoms with Gasteiger partial charge in [0.25, 0.3) is 0 Å². The summed E-state index contributed by atoms with van der Waals surface area (Å²) in [4.78, 5) is 12.3. The Bertz CT molecular complexity index is 612. The molecule has 1 rings (SSSR count). The normalized spacial score (nSPS) is 10.0. The van der Waals surface area contributed by atoms with Gasteiger partial charge < -0.3 is 24.3 Å². The van der Waals surface area contributed by atoms with Crippen molar-refractivity contribution in [2.75, 3.05) is 48.6 Å². The van der Waals surface area contributed by atoms with Crippen LogP contribution in [0.25, 0.3) is 0 Å². The maximum absolute atomic E-state index is 12.3. The van der Waals surface area contributed by atoms with E-state index in [2.05, 4.69) is 10.7 Å². The molecule has 0 aliphatic rings. The van der Waals surface area contributed by atoms with E-state index in [1.165, 1.54) is 19.2 Å². The number of benzene rings is 1. The van der Waals surface area contributed by atoms with Crippen LogP contribution in [0.15, 0.2) is 12.1 Å². The van der Waals surface area contributed by atoms with Gasteiger partial charge in [0.2, 0.25) is 11.7 Å². The van der Waals surface area contributed by atoms with Gasteiger partial charge in [-0.3, -0.25) is 15.2 Å². The van der Waals surface area contributed by atoms with E-state index in [-0.39, 0.29) is 12.3 Å². The second kappa shape index (κ2) is 11.4. The number of methoxy groups -OCH3 is 4. The van der Waals surface area contributed by atoms with Crippen LogP contribution in [-0.4, -0.2) is 64.7 Å². The summed E-state index contributed by atoms with van der Waals surface area (Å²) in [6, 6.07) is 3.50. The Morgan fingerprint density at radius 3 is 2.38 bits per heavy atom. The van der Waals surface area contributed by atoms with Crippen LogP contribution in [0.3, 0.4) is 0 Å². The number of hydrogen-bond donors (Lipinski definition) is 2. The van der Waals surface area contributed by atoms with E-state index in [0.29, 0.717) is 41.1 Å². The van der Waals surface area contributed by atoms with Crippen molar-refractivity contribution >= 4 is 23.2 Å². The first-order chi connectivity index (χ1) is 12.5. The van der Waals surface area contributed by atoms with E-state index >= 15 is 0 Å². The minimum atomic E-state index is -0.237. The van der Waals surface area contributed by atoms with Crippen LogP contribution in [0.1, 0.15) is 12.0 Å². The Morgan fingerprint density at radius 2 is 1.81 bits per heavy atom. The Labute approximate surface area is 159 Å². The Morgan fingerprint density at radius 1 is 1.12 bits per heavy atom. The fourth-order valence-corrected chi connectivity index (χ4v) is 2.43. The molecule has 26 heavy (non-hydrogen) atoms. The zero-order chi connectivity index (χ0) is 19.5. The van der Waals surface area contributed by atoms with Crippen molar-refractivity contribution < 1.29 is 23.7 Å². The van der Waals surface area contributed by atoms with Crippen LogP contribution in [0.2, 0.25) is 0 Å². The summed E-state index contributed by atoms with van der Waals surface area (Å²) in [6.07, 6.45) is 0.918. The maximum Gasteiger partial charge on any atom is 0.243 e. The molecule has 0 saturated heterocycles. The van der Waals surface area contributed by atoms with Gasteiger partial charge in [-0.15, -0.1) is 0 Å². The Hall–Kier alpha value is -2.26. The highest BCUT2D eigenvalue weighted by atomic mass is 32.1. The summed E-state index contributed by atoms with van der Waals surface area (Å²) in [6.45, 7) is 1.31. The molecule has 0 fully saturated rings. The fraction of sp³-hybridized carbons (Fsp3) is 0.529. The van der Waals surface area contributed by atoms with Gasteiger partial charge in [0.05, 0.1) is 27.8 Å². The van der Waals surface area contributed by atoms with E-state index in [9.17, 15) is 4.79 Å². The average Bonchev–Trinajstić information content (AvgIpc) is 2.64. The first-order valence-corrected chi connectivity index (χ1v) is 8.47. The second-order valence-electron chi connectivity index (χ2n) is 5.34. The Kier molecular flexibility index (Phi) is 9.53. The fourth-order valence-electron chi connectivity index (χ4n) is 2.28. The number of hydrazine groups is 1. The summed E-state index contributed by atoms with van der Waals surface area (Å²) in [7, 11) is 7.90. The SMILES string of the molecule is COCCCNC(=S)N(C)NC(=O)Cc1ccc(OC)c(OC)c1OC. The third-order valence-corrected chi connectivity index (χ3v) is 3.95. The number of hydrogen-bond acceptors (Lipinski definition) is 6. The summed E-state index contributed by atoms with van der Waals surface area (Å²) in [5.74, 6) is 1.21. The van der Waals surface area contributed by atoms with Crippen molar-refractivity contribution in [1.82, 2.24) is 15.8 Å². The molecular weight excluding hydrogens is 358 g/mol. The molecule has 0 aliphatic carbocycles. The third-order valence-electron chi connectivity index (χ3n) is 3.54. The van der Waals surface area contributed by atoms with Crippen molar-refractivity contribution in [1.29, 1.82) is 0 Å². The molecule has 9 heteroatoms. The molecule has 1 aromatic carbocycles. The van der Waals surface area contributed by atoms with Gasteiger partial charge in [-0.2, -0.15) is 0 Å². The monoisotopic (exact) mass is 385 g/mol. The van der Waals surface area contributed by atoms with Gasteiger partial charge in [0.1, 0.15) is 0 Å². The van der Waals surface area contributed by atoms with Crippen LogP contribution < -0.4 is 25.0 Å². The summed E-state index contributed by atoms with van der Waals surface area (Å²) < 4.78 is 20.9. The average molecular weight is 385 g/mol. The number of amides is 1. The van der Waals surface area contributed by atoms with E-state index in [1.54, 1.807) is 33.4 Å². The Balaban J connectivity index is 2.68. The van der Waals surface area contributed by atoms with Gasteiger partial charge >= 0.3 is 0 Å². The van der Waals surface area contributed by atoms with Crippen LogP contribution >= 0.6 is 12.2 Å². The van der Waals surface area contributed by atoms with Crippen molar-refractivity contribution in [2.24, 2.45) is 0 Å². The molecule has 2 N–H and O–H groups in total.